The monoisotopic (exact) mass is 332 g/mol. The molecule has 0 atom stereocenters. The number of aliphatic carboxylic acids is 1. The fraction of sp³-hybridized carbons (Fsp3) is 0.471. The minimum absolute atomic E-state index is 0.264. The Kier molecular flexibility index (Phi) is 5.92. The van der Waals surface area contributed by atoms with Crippen molar-refractivity contribution >= 4 is 29.0 Å². The van der Waals surface area contributed by atoms with E-state index in [4.69, 9.17) is 5.11 Å². The molecule has 0 bridgehead atoms. The van der Waals surface area contributed by atoms with Crippen LogP contribution in [0.2, 0.25) is 0 Å². The van der Waals surface area contributed by atoms with Crippen molar-refractivity contribution in [1.82, 2.24) is 14.9 Å². The van der Waals surface area contributed by atoms with Gasteiger partial charge in [-0.15, -0.1) is 0 Å². The average Bonchev–Trinajstić information content (AvgIpc) is 2.92. The summed E-state index contributed by atoms with van der Waals surface area (Å²) >= 11 is 0. The Morgan fingerprint density at radius 1 is 1.38 bits per heavy atom. The van der Waals surface area contributed by atoms with Crippen LogP contribution in [0.25, 0.3) is 11.0 Å². The Balaban J connectivity index is 0.000000647. The molecule has 1 aliphatic heterocycles. The van der Waals surface area contributed by atoms with E-state index in [0.717, 1.165) is 23.0 Å². The molecule has 0 amide bonds. The molecule has 3 heterocycles. The molecule has 0 spiro atoms. The predicted molar refractivity (Wildman–Crippen MR) is 93.7 cm³/mol. The summed E-state index contributed by atoms with van der Waals surface area (Å²) in [5.74, 6) is -0.984. The van der Waals surface area contributed by atoms with Crippen molar-refractivity contribution in [1.29, 1.82) is 0 Å². The maximum absolute atomic E-state index is 11.3. The molecule has 0 aliphatic carbocycles. The summed E-state index contributed by atoms with van der Waals surface area (Å²) in [6.45, 7) is 1.37. The number of aldehydes is 1. The highest BCUT2D eigenvalue weighted by Crippen LogP contribution is 2.31. The van der Waals surface area contributed by atoms with Crippen molar-refractivity contribution in [2.24, 2.45) is 13.0 Å². The summed E-state index contributed by atoms with van der Waals surface area (Å²) in [5.41, 5.74) is 2.36. The normalized spacial score (nSPS) is 15.0. The van der Waals surface area contributed by atoms with Crippen LogP contribution in [0.15, 0.2) is 18.5 Å². The summed E-state index contributed by atoms with van der Waals surface area (Å²) < 4.78 is 1.84. The lowest BCUT2D eigenvalue weighted by atomic mass is 9.96. The van der Waals surface area contributed by atoms with Crippen LogP contribution in [-0.4, -0.2) is 54.1 Å². The third-order valence-electron chi connectivity index (χ3n) is 4.18. The molecule has 0 saturated carbocycles. The molecule has 0 radical (unpaired) electrons. The van der Waals surface area contributed by atoms with Crippen LogP contribution in [-0.2, 0) is 11.8 Å². The molecule has 2 aromatic heterocycles. The van der Waals surface area contributed by atoms with E-state index < -0.39 is 5.97 Å². The zero-order valence-electron chi connectivity index (χ0n) is 14.3. The Labute approximate surface area is 141 Å². The first-order valence-electron chi connectivity index (χ1n) is 7.98. The number of carboxylic acids is 1. The number of pyridine rings is 1. The van der Waals surface area contributed by atoms with Gasteiger partial charge in [0.15, 0.2) is 6.29 Å². The number of carboxylic acid groups (broad SMARTS) is 1. The fourth-order valence-electron chi connectivity index (χ4n) is 3.04. The lowest BCUT2D eigenvalue weighted by Crippen LogP contribution is -2.36. The summed E-state index contributed by atoms with van der Waals surface area (Å²) in [6, 6.07) is 1.90. The van der Waals surface area contributed by atoms with E-state index in [9.17, 15) is 9.59 Å². The minimum Gasteiger partial charge on any atom is -0.481 e. The van der Waals surface area contributed by atoms with Crippen molar-refractivity contribution in [3.05, 3.63) is 24.0 Å². The molecule has 0 unspecified atom stereocenters. The van der Waals surface area contributed by atoms with Gasteiger partial charge in [0.25, 0.3) is 0 Å². The Morgan fingerprint density at radius 2 is 2.00 bits per heavy atom. The molecular formula is C17H24N4O3. The van der Waals surface area contributed by atoms with Crippen molar-refractivity contribution in [3.63, 3.8) is 0 Å². The Hall–Kier alpha value is -2.41. The van der Waals surface area contributed by atoms with Crippen LogP contribution in [0.5, 0.6) is 0 Å². The van der Waals surface area contributed by atoms with Gasteiger partial charge in [-0.2, -0.15) is 0 Å². The van der Waals surface area contributed by atoms with Crippen LogP contribution in [0.1, 0.15) is 23.2 Å². The molecule has 3 rings (SSSR count). The number of carbonyl (C=O) groups is 2. The third-order valence-corrected chi connectivity index (χ3v) is 4.18. The highest BCUT2D eigenvalue weighted by Gasteiger charge is 2.26. The number of aryl methyl sites for hydroxylation is 1. The second-order valence-electron chi connectivity index (χ2n) is 5.94. The van der Waals surface area contributed by atoms with Gasteiger partial charge in [-0.05, 0) is 33.0 Å². The molecule has 2 N–H and O–H groups in total. The number of carbonyl (C=O) groups excluding carboxylic acids is 1. The number of fused-ring (bicyclic) bond motifs is 1. The minimum atomic E-state index is -0.720. The number of nitrogens with one attached hydrogen (secondary N) is 1. The molecule has 24 heavy (non-hydrogen) atoms. The summed E-state index contributed by atoms with van der Waals surface area (Å²) in [5, 5.41) is 12.7. The summed E-state index contributed by atoms with van der Waals surface area (Å²) in [4.78, 5) is 28.8. The van der Waals surface area contributed by atoms with Crippen molar-refractivity contribution in [2.45, 2.75) is 12.8 Å². The average molecular weight is 332 g/mol. The maximum Gasteiger partial charge on any atom is 0.306 e. The third kappa shape index (κ3) is 3.56. The van der Waals surface area contributed by atoms with Crippen LogP contribution in [0.4, 0.5) is 5.69 Å². The van der Waals surface area contributed by atoms with Gasteiger partial charge in [-0.3, -0.25) is 9.59 Å². The topological polar surface area (TPSA) is 87.5 Å². The van der Waals surface area contributed by atoms with Crippen molar-refractivity contribution < 1.29 is 14.7 Å². The SMILES string of the molecule is CNC.Cn1cc(C=O)c2c(N3CCC(C(=O)O)CC3)ccnc21. The number of hydrogen-bond donors (Lipinski definition) is 2. The second kappa shape index (κ2) is 7.92. The van der Waals surface area contributed by atoms with E-state index in [1.54, 1.807) is 12.4 Å². The molecule has 0 aromatic carbocycles. The van der Waals surface area contributed by atoms with E-state index in [2.05, 4.69) is 15.2 Å². The van der Waals surface area contributed by atoms with Crippen LogP contribution in [0, 0.1) is 5.92 Å². The molecule has 1 fully saturated rings. The summed E-state index contributed by atoms with van der Waals surface area (Å²) in [6.07, 6.45) is 5.61. The van der Waals surface area contributed by atoms with Gasteiger partial charge < -0.3 is 19.9 Å². The first-order valence-corrected chi connectivity index (χ1v) is 7.98. The zero-order chi connectivity index (χ0) is 17.7. The first kappa shape index (κ1) is 17.9. The van der Waals surface area contributed by atoms with Gasteiger partial charge >= 0.3 is 5.97 Å². The van der Waals surface area contributed by atoms with Crippen LogP contribution < -0.4 is 10.2 Å². The van der Waals surface area contributed by atoms with Crippen LogP contribution in [0.3, 0.4) is 0 Å². The lowest BCUT2D eigenvalue weighted by molar-refractivity contribution is -0.142. The van der Waals surface area contributed by atoms with Gasteiger partial charge in [0.05, 0.1) is 17.0 Å². The lowest BCUT2D eigenvalue weighted by Gasteiger charge is -2.32. The fourth-order valence-corrected chi connectivity index (χ4v) is 3.04. The Bertz CT molecular complexity index is 718. The standard InChI is InChI=1S/C15H17N3O3.C2H7N/c1-17-8-11(9-19)13-12(2-5-16-14(13)17)18-6-3-10(4-7-18)15(20)21;1-3-2/h2,5,8-10H,3-4,6-7H2,1H3,(H,20,21);3H,1-2H3. The van der Waals surface area contributed by atoms with Gasteiger partial charge in [0.2, 0.25) is 0 Å². The molecule has 2 aromatic rings. The number of nitrogens with zero attached hydrogens (tertiary/aromatic N) is 3. The second-order valence-corrected chi connectivity index (χ2v) is 5.94. The number of rotatable bonds is 3. The van der Waals surface area contributed by atoms with Gasteiger partial charge in [-0.25, -0.2) is 4.98 Å². The number of aromatic nitrogens is 2. The molecule has 130 valence electrons. The van der Waals surface area contributed by atoms with E-state index in [1.807, 2.05) is 31.8 Å². The predicted octanol–water partition coefficient (Wildman–Crippen LogP) is 1.52. The quantitative estimate of drug-likeness (QED) is 0.829. The molecular weight excluding hydrogens is 308 g/mol. The van der Waals surface area contributed by atoms with Crippen molar-refractivity contribution in [3.8, 4) is 0 Å². The highest BCUT2D eigenvalue weighted by atomic mass is 16.4. The first-order chi connectivity index (χ1) is 11.5. The van der Waals surface area contributed by atoms with E-state index in [1.165, 1.54) is 0 Å². The molecule has 1 aliphatic rings. The van der Waals surface area contributed by atoms with E-state index in [0.29, 0.717) is 31.5 Å². The highest BCUT2D eigenvalue weighted by molar-refractivity contribution is 6.03. The van der Waals surface area contributed by atoms with Gasteiger partial charge in [-0.1, -0.05) is 0 Å². The molecule has 7 heteroatoms. The zero-order valence-corrected chi connectivity index (χ0v) is 14.3. The largest absolute Gasteiger partial charge is 0.481 e. The number of anilines is 1. The molecule has 1 saturated heterocycles. The van der Waals surface area contributed by atoms with Crippen molar-refractivity contribution in [2.75, 3.05) is 32.1 Å². The number of piperidine rings is 1. The smallest absolute Gasteiger partial charge is 0.306 e. The van der Waals surface area contributed by atoms with Gasteiger partial charge in [0.1, 0.15) is 5.65 Å². The van der Waals surface area contributed by atoms with Gasteiger partial charge in [0, 0.05) is 38.1 Å². The maximum atomic E-state index is 11.3. The van der Waals surface area contributed by atoms with E-state index in [-0.39, 0.29) is 5.92 Å². The van der Waals surface area contributed by atoms with Crippen LogP contribution >= 0.6 is 0 Å². The van der Waals surface area contributed by atoms with E-state index >= 15 is 0 Å². The Morgan fingerprint density at radius 3 is 2.54 bits per heavy atom. The number of hydrogen-bond acceptors (Lipinski definition) is 5. The summed E-state index contributed by atoms with van der Waals surface area (Å²) in [7, 11) is 5.61. The molecule has 7 nitrogen and oxygen atoms in total.